The molecule has 1 fully saturated rings. The first-order valence-electron chi connectivity index (χ1n) is 6.40. The highest BCUT2D eigenvalue weighted by molar-refractivity contribution is 5.82. The van der Waals surface area contributed by atoms with Crippen LogP contribution in [0.3, 0.4) is 0 Å². The Hall–Kier alpha value is -0.610. The average Bonchev–Trinajstić information content (AvgIpc) is 2.27. The van der Waals surface area contributed by atoms with E-state index in [1.807, 2.05) is 27.8 Å². The molecule has 1 aliphatic rings. The van der Waals surface area contributed by atoms with Gasteiger partial charge in [0.2, 0.25) is 5.91 Å². The zero-order chi connectivity index (χ0) is 13.1. The van der Waals surface area contributed by atoms with Crippen molar-refractivity contribution in [3.63, 3.8) is 0 Å². The molecule has 0 aromatic heterocycles. The van der Waals surface area contributed by atoms with E-state index in [2.05, 4.69) is 0 Å². The van der Waals surface area contributed by atoms with Gasteiger partial charge < -0.3 is 15.4 Å². The van der Waals surface area contributed by atoms with Crippen molar-refractivity contribution in [2.24, 2.45) is 17.1 Å². The molecule has 4 nitrogen and oxygen atoms in total. The molecule has 0 bridgehead atoms. The van der Waals surface area contributed by atoms with E-state index < -0.39 is 6.04 Å². The van der Waals surface area contributed by atoms with Crippen LogP contribution >= 0.6 is 0 Å². The number of hydrogen-bond acceptors (Lipinski definition) is 3. The summed E-state index contributed by atoms with van der Waals surface area (Å²) in [5.74, 6) is 0.605. The van der Waals surface area contributed by atoms with E-state index in [0.29, 0.717) is 5.92 Å². The number of carbonyl (C=O) groups excluding carboxylic acids is 1. The summed E-state index contributed by atoms with van der Waals surface area (Å²) in [7, 11) is 1.85. The number of rotatable bonds is 3. The topological polar surface area (TPSA) is 55.6 Å². The number of hydrogen-bond donors (Lipinski definition) is 1. The zero-order valence-electron chi connectivity index (χ0n) is 11.5. The number of carbonyl (C=O) groups is 1. The summed E-state index contributed by atoms with van der Waals surface area (Å²) in [5.41, 5.74) is 5.80. The fraction of sp³-hybridized carbons (Fsp3) is 0.923. The highest BCUT2D eigenvalue weighted by Gasteiger charge is 2.30. The third-order valence-electron chi connectivity index (χ3n) is 3.45. The van der Waals surface area contributed by atoms with Crippen molar-refractivity contribution >= 4 is 5.91 Å². The molecule has 0 unspecified atom stereocenters. The fourth-order valence-electron chi connectivity index (χ4n) is 2.01. The van der Waals surface area contributed by atoms with Crippen molar-refractivity contribution in [1.29, 1.82) is 0 Å². The third kappa shape index (κ3) is 4.28. The molecule has 0 radical (unpaired) electrons. The van der Waals surface area contributed by atoms with Crippen molar-refractivity contribution in [1.82, 2.24) is 4.90 Å². The van der Waals surface area contributed by atoms with E-state index in [9.17, 15) is 4.79 Å². The summed E-state index contributed by atoms with van der Waals surface area (Å²) < 4.78 is 5.32. The molecule has 1 saturated heterocycles. The van der Waals surface area contributed by atoms with Crippen LogP contribution < -0.4 is 5.73 Å². The molecule has 17 heavy (non-hydrogen) atoms. The van der Waals surface area contributed by atoms with Crippen molar-refractivity contribution in [2.45, 2.75) is 39.7 Å². The molecule has 100 valence electrons. The van der Waals surface area contributed by atoms with E-state index >= 15 is 0 Å². The van der Waals surface area contributed by atoms with Gasteiger partial charge in [-0.05, 0) is 24.2 Å². The molecular weight excluding hydrogens is 216 g/mol. The van der Waals surface area contributed by atoms with Gasteiger partial charge in [0, 0.05) is 26.8 Å². The minimum Gasteiger partial charge on any atom is -0.381 e. The van der Waals surface area contributed by atoms with E-state index in [4.69, 9.17) is 10.5 Å². The molecule has 4 heteroatoms. The molecular formula is C13H26N2O2. The van der Waals surface area contributed by atoms with Gasteiger partial charge in [-0.3, -0.25) is 4.79 Å². The summed E-state index contributed by atoms with van der Waals surface area (Å²) >= 11 is 0. The first kappa shape index (κ1) is 14.5. The normalized spacial score (nSPS) is 20.1. The second-order valence-electron chi connectivity index (χ2n) is 6.12. The molecule has 0 spiro atoms. The Morgan fingerprint density at radius 1 is 1.41 bits per heavy atom. The lowest BCUT2D eigenvalue weighted by Crippen LogP contribution is -2.50. The Morgan fingerprint density at radius 2 is 1.94 bits per heavy atom. The van der Waals surface area contributed by atoms with Gasteiger partial charge in [-0.1, -0.05) is 20.8 Å². The van der Waals surface area contributed by atoms with Gasteiger partial charge in [0.05, 0.1) is 6.04 Å². The molecule has 1 rings (SSSR count). The minimum atomic E-state index is -0.424. The maximum atomic E-state index is 12.1. The van der Waals surface area contributed by atoms with Crippen LogP contribution in [0.15, 0.2) is 0 Å². The summed E-state index contributed by atoms with van der Waals surface area (Å²) in [5, 5.41) is 0. The number of amides is 1. The summed E-state index contributed by atoms with van der Waals surface area (Å²) in [6.45, 7) is 8.43. The maximum Gasteiger partial charge on any atom is 0.239 e. The van der Waals surface area contributed by atoms with Gasteiger partial charge in [0.25, 0.3) is 0 Å². The number of nitrogens with two attached hydrogens (primary N) is 1. The summed E-state index contributed by atoms with van der Waals surface area (Å²) in [4.78, 5) is 13.9. The summed E-state index contributed by atoms with van der Waals surface area (Å²) in [6.07, 6.45) is 2.09. The second-order valence-corrected chi connectivity index (χ2v) is 6.12. The number of likely N-dealkylation sites (N-methyl/N-ethyl adjacent to an activating group) is 1. The Balaban J connectivity index is 2.46. The molecule has 0 aromatic rings. The Bertz CT molecular complexity index is 255. The second kappa shape index (κ2) is 5.83. The Labute approximate surface area is 104 Å². The van der Waals surface area contributed by atoms with E-state index in [-0.39, 0.29) is 11.3 Å². The van der Waals surface area contributed by atoms with Gasteiger partial charge in [-0.25, -0.2) is 0 Å². The monoisotopic (exact) mass is 242 g/mol. The van der Waals surface area contributed by atoms with Crippen LogP contribution in [0.2, 0.25) is 0 Å². The molecule has 1 aliphatic heterocycles. The molecule has 0 saturated carbocycles. The van der Waals surface area contributed by atoms with Gasteiger partial charge in [-0.15, -0.1) is 0 Å². The lowest BCUT2D eigenvalue weighted by molar-refractivity contribution is -0.134. The van der Waals surface area contributed by atoms with Crippen LogP contribution in [0.1, 0.15) is 33.6 Å². The molecule has 0 aromatic carbocycles. The van der Waals surface area contributed by atoms with Crippen molar-refractivity contribution in [2.75, 3.05) is 26.8 Å². The van der Waals surface area contributed by atoms with Crippen molar-refractivity contribution in [3.8, 4) is 0 Å². The van der Waals surface area contributed by atoms with Gasteiger partial charge in [-0.2, -0.15) is 0 Å². The highest BCUT2D eigenvalue weighted by Crippen LogP contribution is 2.20. The lowest BCUT2D eigenvalue weighted by Gasteiger charge is -2.32. The van der Waals surface area contributed by atoms with Crippen LogP contribution in [0.25, 0.3) is 0 Å². The smallest absolute Gasteiger partial charge is 0.239 e. The van der Waals surface area contributed by atoms with E-state index in [0.717, 1.165) is 32.6 Å². The van der Waals surface area contributed by atoms with Crippen molar-refractivity contribution in [3.05, 3.63) is 0 Å². The van der Waals surface area contributed by atoms with Crippen LogP contribution in [0, 0.1) is 11.3 Å². The van der Waals surface area contributed by atoms with Crippen LogP contribution in [-0.2, 0) is 9.53 Å². The molecule has 1 heterocycles. The van der Waals surface area contributed by atoms with Gasteiger partial charge in [0.1, 0.15) is 0 Å². The zero-order valence-corrected chi connectivity index (χ0v) is 11.5. The first-order valence-corrected chi connectivity index (χ1v) is 6.40. The SMILES string of the molecule is CN(CC1CCOCC1)C(=O)[C@H](N)C(C)(C)C. The highest BCUT2D eigenvalue weighted by atomic mass is 16.5. The quantitative estimate of drug-likeness (QED) is 0.810. The van der Waals surface area contributed by atoms with Crippen LogP contribution in [-0.4, -0.2) is 43.7 Å². The largest absolute Gasteiger partial charge is 0.381 e. The fourth-order valence-corrected chi connectivity index (χ4v) is 2.01. The molecule has 2 N–H and O–H groups in total. The van der Waals surface area contributed by atoms with Crippen LogP contribution in [0.4, 0.5) is 0 Å². The number of nitrogens with zero attached hydrogens (tertiary/aromatic N) is 1. The van der Waals surface area contributed by atoms with Crippen molar-refractivity contribution < 1.29 is 9.53 Å². The third-order valence-corrected chi connectivity index (χ3v) is 3.45. The molecule has 1 amide bonds. The molecule has 1 atom stereocenters. The summed E-state index contributed by atoms with van der Waals surface area (Å²) in [6, 6.07) is -0.424. The minimum absolute atomic E-state index is 0.0454. The standard InChI is InChI=1S/C13H26N2O2/c1-13(2,3)11(14)12(16)15(4)9-10-5-7-17-8-6-10/h10-11H,5-9,14H2,1-4H3/t11-/m0/s1. The number of ether oxygens (including phenoxy) is 1. The first-order chi connectivity index (χ1) is 7.82. The predicted octanol–water partition coefficient (Wildman–Crippen LogP) is 1.24. The Morgan fingerprint density at radius 3 is 2.41 bits per heavy atom. The van der Waals surface area contributed by atoms with Gasteiger partial charge in [0.15, 0.2) is 0 Å². The van der Waals surface area contributed by atoms with Crippen LogP contribution in [0.5, 0.6) is 0 Å². The van der Waals surface area contributed by atoms with Gasteiger partial charge >= 0.3 is 0 Å². The van der Waals surface area contributed by atoms with E-state index in [1.54, 1.807) is 4.90 Å². The lowest BCUT2D eigenvalue weighted by atomic mass is 9.86. The molecule has 0 aliphatic carbocycles. The maximum absolute atomic E-state index is 12.1. The predicted molar refractivity (Wildman–Crippen MR) is 68.6 cm³/mol. The van der Waals surface area contributed by atoms with E-state index in [1.165, 1.54) is 0 Å². The Kier molecular flexibility index (Phi) is 4.95. The average molecular weight is 242 g/mol.